The molecule has 1 aromatic rings. The smallest absolute Gasteiger partial charge is 0.325 e. The first-order valence-electron chi connectivity index (χ1n) is 5.88. The summed E-state index contributed by atoms with van der Waals surface area (Å²) in [5, 5.41) is 9.40. The number of benzene rings is 1. The Balaban J connectivity index is 2.38. The van der Waals surface area contributed by atoms with Gasteiger partial charge >= 0.3 is 5.97 Å². The highest BCUT2D eigenvalue weighted by atomic mass is 35.5. The van der Waals surface area contributed by atoms with Gasteiger partial charge < -0.3 is 5.11 Å². The lowest BCUT2D eigenvalue weighted by Gasteiger charge is -2.24. The second-order valence-corrected chi connectivity index (χ2v) is 7.89. The van der Waals surface area contributed by atoms with Crippen LogP contribution in [0.25, 0.3) is 0 Å². The molecule has 0 radical (unpaired) electrons. The van der Waals surface area contributed by atoms with E-state index in [0.717, 1.165) is 5.56 Å². The molecule has 1 fully saturated rings. The van der Waals surface area contributed by atoms with E-state index in [4.69, 9.17) is 11.6 Å². The lowest BCUT2D eigenvalue weighted by molar-refractivity contribution is -0.142. The summed E-state index contributed by atoms with van der Waals surface area (Å²) in [6.45, 7) is 1.79. The molecule has 20 heavy (non-hydrogen) atoms. The highest BCUT2D eigenvalue weighted by Crippen LogP contribution is 2.31. The largest absolute Gasteiger partial charge is 0.480 e. The molecule has 1 aliphatic rings. The number of nitrogens with one attached hydrogen (secondary N) is 1. The van der Waals surface area contributed by atoms with Crippen LogP contribution in [0.5, 0.6) is 0 Å². The maximum absolute atomic E-state index is 12.4. The van der Waals surface area contributed by atoms with E-state index >= 15 is 0 Å². The summed E-state index contributed by atoms with van der Waals surface area (Å²) in [5.41, 5.74) is -0.615. The molecule has 0 aliphatic carbocycles. The highest BCUT2D eigenvalue weighted by molar-refractivity contribution is 7.99. The van der Waals surface area contributed by atoms with Crippen molar-refractivity contribution in [3.8, 4) is 0 Å². The Labute approximate surface area is 126 Å². The minimum Gasteiger partial charge on any atom is -0.480 e. The molecule has 1 unspecified atom stereocenters. The fourth-order valence-electron chi connectivity index (χ4n) is 1.99. The van der Waals surface area contributed by atoms with Crippen molar-refractivity contribution in [3.63, 3.8) is 0 Å². The van der Waals surface area contributed by atoms with Crippen LogP contribution in [-0.4, -0.2) is 36.5 Å². The van der Waals surface area contributed by atoms with Gasteiger partial charge in [0.1, 0.15) is 10.4 Å². The Morgan fingerprint density at radius 2 is 2.20 bits per heavy atom. The minimum absolute atomic E-state index is 0.0867. The third kappa shape index (κ3) is 2.95. The maximum Gasteiger partial charge on any atom is 0.325 e. The number of carbonyl (C=O) groups is 1. The van der Waals surface area contributed by atoms with Gasteiger partial charge in [0.25, 0.3) is 0 Å². The van der Waals surface area contributed by atoms with Crippen LogP contribution in [0.15, 0.2) is 23.1 Å². The van der Waals surface area contributed by atoms with Crippen molar-refractivity contribution in [1.82, 2.24) is 4.72 Å². The molecule has 1 atom stereocenters. The number of hydrogen-bond donors (Lipinski definition) is 2. The topological polar surface area (TPSA) is 83.5 Å². The predicted octanol–water partition coefficient (Wildman–Crippen LogP) is 1.89. The van der Waals surface area contributed by atoms with Crippen LogP contribution in [0, 0.1) is 6.92 Å². The first-order valence-corrected chi connectivity index (χ1v) is 8.90. The number of hydrogen-bond acceptors (Lipinski definition) is 4. The van der Waals surface area contributed by atoms with Crippen molar-refractivity contribution in [1.29, 1.82) is 0 Å². The summed E-state index contributed by atoms with van der Waals surface area (Å²) >= 11 is 7.36. The molecular formula is C12H14ClNO4S2. The second kappa shape index (κ2) is 5.55. The summed E-state index contributed by atoms with van der Waals surface area (Å²) in [6.07, 6.45) is 0.260. The van der Waals surface area contributed by atoms with E-state index in [1.54, 1.807) is 13.0 Å². The van der Waals surface area contributed by atoms with E-state index in [2.05, 4.69) is 4.72 Å². The zero-order valence-corrected chi connectivity index (χ0v) is 13.1. The number of carboxylic acid groups (broad SMARTS) is 1. The number of aryl methyl sites for hydroxylation is 1. The normalized spacial score (nSPS) is 22.9. The van der Waals surface area contributed by atoms with Crippen molar-refractivity contribution in [2.24, 2.45) is 0 Å². The number of halogens is 1. The SMILES string of the molecule is Cc1ccc(S(=O)(=O)NC2(C(=O)O)CCSC2)c(Cl)c1. The summed E-state index contributed by atoms with van der Waals surface area (Å²) in [7, 11) is -3.97. The first kappa shape index (κ1) is 15.6. The Bertz CT molecular complexity index is 639. The van der Waals surface area contributed by atoms with Crippen LogP contribution < -0.4 is 4.72 Å². The average Bonchev–Trinajstić information content (AvgIpc) is 2.77. The van der Waals surface area contributed by atoms with Crippen LogP contribution in [0.2, 0.25) is 5.02 Å². The predicted molar refractivity (Wildman–Crippen MR) is 78.8 cm³/mol. The molecule has 1 heterocycles. The third-order valence-corrected chi connectivity index (χ3v) is 6.35. The summed E-state index contributed by atoms with van der Waals surface area (Å²) in [6, 6.07) is 4.54. The van der Waals surface area contributed by atoms with Crippen molar-refractivity contribution < 1.29 is 18.3 Å². The Morgan fingerprint density at radius 1 is 1.50 bits per heavy atom. The number of carboxylic acids is 1. The molecule has 0 spiro atoms. The minimum atomic E-state index is -3.97. The third-order valence-electron chi connectivity index (χ3n) is 3.14. The lowest BCUT2D eigenvalue weighted by Crippen LogP contribution is -2.54. The Morgan fingerprint density at radius 3 is 2.70 bits per heavy atom. The van der Waals surface area contributed by atoms with E-state index in [1.807, 2.05) is 0 Å². The summed E-state index contributed by atoms with van der Waals surface area (Å²) in [4.78, 5) is 11.3. The number of rotatable bonds is 4. The standard InChI is InChI=1S/C12H14ClNO4S2/c1-8-2-3-10(9(13)6-8)20(17,18)14-12(11(15)16)4-5-19-7-12/h2-3,6,14H,4-5,7H2,1H3,(H,15,16). The van der Waals surface area contributed by atoms with Crippen LogP contribution in [0.4, 0.5) is 0 Å². The van der Waals surface area contributed by atoms with Crippen LogP contribution >= 0.6 is 23.4 Å². The van der Waals surface area contributed by atoms with E-state index in [0.29, 0.717) is 5.75 Å². The monoisotopic (exact) mass is 335 g/mol. The van der Waals surface area contributed by atoms with Gasteiger partial charge in [0.2, 0.25) is 10.0 Å². The Kier molecular flexibility index (Phi) is 4.34. The zero-order chi connectivity index (χ0) is 15.0. The van der Waals surface area contributed by atoms with Gasteiger partial charge in [-0.1, -0.05) is 17.7 Å². The van der Waals surface area contributed by atoms with E-state index in [-0.39, 0.29) is 22.1 Å². The van der Waals surface area contributed by atoms with E-state index < -0.39 is 21.5 Å². The van der Waals surface area contributed by atoms with Gasteiger partial charge in [0.15, 0.2) is 0 Å². The summed E-state index contributed by atoms with van der Waals surface area (Å²) in [5.74, 6) is -0.337. The highest BCUT2D eigenvalue weighted by Gasteiger charge is 2.45. The van der Waals surface area contributed by atoms with Crippen molar-refractivity contribution in [2.75, 3.05) is 11.5 Å². The van der Waals surface area contributed by atoms with Gasteiger partial charge in [-0.2, -0.15) is 16.5 Å². The molecule has 0 aromatic heterocycles. The Hall–Kier alpha value is -0.760. The van der Waals surface area contributed by atoms with Gasteiger partial charge in [-0.15, -0.1) is 0 Å². The van der Waals surface area contributed by atoms with E-state index in [9.17, 15) is 18.3 Å². The first-order chi connectivity index (χ1) is 9.27. The quantitative estimate of drug-likeness (QED) is 0.877. The summed E-state index contributed by atoms with van der Waals surface area (Å²) < 4.78 is 27.0. The molecular weight excluding hydrogens is 322 g/mol. The fraction of sp³-hybridized carbons (Fsp3) is 0.417. The molecule has 0 amide bonds. The van der Waals surface area contributed by atoms with Gasteiger partial charge in [0.05, 0.1) is 5.02 Å². The maximum atomic E-state index is 12.4. The van der Waals surface area contributed by atoms with Gasteiger partial charge in [0, 0.05) is 5.75 Å². The zero-order valence-electron chi connectivity index (χ0n) is 10.7. The number of aliphatic carboxylic acids is 1. The lowest BCUT2D eigenvalue weighted by atomic mass is 10.0. The van der Waals surface area contributed by atoms with Crippen molar-refractivity contribution in [2.45, 2.75) is 23.8 Å². The number of thioether (sulfide) groups is 1. The fourth-order valence-corrected chi connectivity index (χ4v) is 5.40. The molecule has 0 saturated carbocycles. The molecule has 1 saturated heterocycles. The van der Waals surface area contributed by atoms with Crippen LogP contribution in [0.3, 0.4) is 0 Å². The van der Waals surface area contributed by atoms with Crippen LogP contribution in [-0.2, 0) is 14.8 Å². The molecule has 110 valence electrons. The van der Waals surface area contributed by atoms with Crippen LogP contribution in [0.1, 0.15) is 12.0 Å². The van der Waals surface area contributed by atoms with Gasteiger partial charge in [-0.25, -0.2) is 8.42 Å². The molecule has 0 bridgehead atoms. The number of sulfonamides is 1. The molecule has 1 aromatic carbocycles. The molecule has 5 nitrogen and oxygen atoms in total. The molecule has 2 N–H and O–H groups in total. The van der Waals surface area contributed by atoms with Gasteiger partial charge in [-0.05, 0) is 36.8 Å². The molecule has 1 aliphatic heterocycles. The van der Waals surface area contributed by atoms with Gasteiger partial charge in [-0.3, -0.25) is 4.79 Å². The van der Waals surface area contributed by atoms with E-state index in [1.165, 1.54) is 23.9 Å². The second-order valence-electron chi connectivity index (χ2n) is 4.73. The molecule has 8 heteroatoms. The molecule has 2 rings (SSSR count). The van der Waals surface area contributed by atoms with Crippen molar-refractivity contribution >= 4 is 39.4 Å². The van der Waals surface area contributed by atoms with Crippen molar-refractivity contribution in [3.05, 3.63) is 28.8 Å². The average molecular weight is 336 g/mol.